The number of hydrogen-bond donors (Lipinski definition) is 2. The largest absolute Gasteiger partial charge is 0.497 e. The summed E-state index contributed by atoms with van der Waals surface area (Å²) in [4.78, 5) is 62.9. The Labute approximate surface area is 178 Å². The quantitative estimate of drug-likeness (QED) is 0.726. The number of rotatable bonds is 4. The van der Waals surface area contributed by atoms with E-state index < -0.39 is 35.6 Å². The molecule has 160 valence electrons. The number of nitrogens with zero attached hydrogens (tertiary/aromatic N) is 1. The Kier molecular flexibility index (Phi) is 5.87. The lowest BCUT2D eigenvalue weighted by molar-refractivity contribution is -0.136. The highest BCUT2D eigenvalue weighted by atomic mass is 16.5. The number of fused-ring (bicyclic) bond motifs is 1. The van der Waals surface area contributed by atoms with Crippen LogP contribution in [0.15, 0.2) is 42.5 Å². The van der Waals surface area contributed by atoms with Crippen LogP contribution in [0.1, 0.15) is 51.3 Å². The number of imide groups is 2. The summed E-state index contributed by atoms with van der Waals surface area (Å²) in [7, 11) is 1.51. The minimum Gasteiger partial charge on any atom is -0.497 e. The molecule has 0 bridgehead atoms. The van der Waals surface area contributed by atoms with Gasteiger partial charge in [0.15, 0.2) is 0 Å². The number of ether oxygens (including phenoxy) is 1. The van der Waals surface area contributed by atoms with Gasteiger partial charge in [-0.25, -0.2) is 0 Å². The molecule has 0 radical (unpaired) electrons. The van der Waals surface area contributed by atoms with Crippen molar-refractivity contribution in [1.82, 2.24) is 10.2 Å². The summed E-state index contributed by atoms with van der Waals surface area (Å²) >= 11 is 0. The molecule has 9 nitrogen and oxygen atoms in total. The molecule has 2 aromatic carbocycles. The van der Waals surface area contributed by atoms with E-state index in [1.54, 1.807) is 30.3 Å². The van der Waals surface area contributed by atoms with E-state index in [4.69, 9.17) is 4.74 Å². The molecular formula is C22H21N3O6. The van der Waals surface area contributed by atoms with E-state index >= 15 is 0 Å². The number of anilines is 1. The normalized spacial score (nSPS) is 17.6. The van der Waals surface area contributed by atoms with Gasteiger partial charge in [-0.1, -0.05) is 13.5 Å². The molecule has 4 rings (SSSR count). The lowest BCUT2D eigenvalue weighted by atomic mass is 10.0. The monoisotopic (exact) mass is 423 g/mol. The predicted molar refractivity (Wildman–Crippen MR) is 111 cm³/mol. The molecule has 1 atom stereocenters. The second-order valence-electron chi connectivity index (χ2n) is 6.86. The average molecular weight is 423 g/mol. The number of carbonyl (C=O) groups is 5. The summed E-state index contributed by atoms with van der Waals surface area (Å²) in [5, 5.41) is 4.80. The topological polar surface area (TPSA) is 122 Å². The van der Waals surface area contributed by atoms with Crippen molar-refractivity contribution < 1.29 is 28.7 Å². The van der Waals surface area contributed by atoms with E-state index in [0.29, 0.717) is 11.3 Å². The van der Waals surface area contributed by atoms with Crippen molar-refractivity contribution in [2.75, 3.05) is 12.4 Å². The second-order valence-corrected chi connectivity index (χ2v) is 6.86. The molecule has 2 N–H and O–H groups in total. The fraction of sp³-hybridized carbons (Fsp3) is 0.227. The van der Waals surface area contributed by atoms with Crippen molar-refractivity contribution in [2.24, 2.45) is 0 Å². The highest BCUT2D eigenvalue weighted by Gasteiger charge is 2.45. The van der Waals surface area contributed by atoms with Crippen molar-refractivity contribution in [3.8, 4) is 5.75 Å². The van der Waals surface area contributed by atoms with Gasteiger partial charge >= 0.3 is 0 Å². The first-order valence-corrected chi connectivity index (χ1v) is 9.20. The molecule has 2 aliphatic rings. The number of methoxy groups -OCH3 is 1. The van der Waals surface area contributed by atoms with E-state index in [9.17, 15) is 24.0 Å². The summed E-state index contributed by atoms with van der Waals surface area (Å²) < 4.78 is 5.07. The van der Waals surface area contributed by atoms with E-state index in [2.05, 4.69) is 10.6 Å². The molecule has 5 amide bonds. The number of hydrogen-bond acceptors (Lipinski definition) is 6. The third-order valence-corrected chi connectivity index (χ3v) is 5.07. The number of carbonyl (C=O) groups excluding carboxylic acids is 5. The van der Waals surface area contributed by atoms with Gasteiger partial charge in [-0.2, -0.15) is 0 Å². The van der Waals surface area contributed by atoms with Crippen molar-refractivity contribution in [2.45, 2.75) is 26.3 Å². The van der Waals surface area contributed by atoms with Crippen LogP contribution in [0.4, 0.5) is 5.69 Å². The zero-order chi connectivity index (χ0) is 21.4. The molecule has 0 saturated carbocycles. The Hall–Kier alpha value is -4.01. The molecule has 2 aliphatic heterocycles. The van der Waals surface area contributed by atoms with Crippen LogP contribution in [0, 0.1) is 0 Å². The van der Waals surface area contributed by atoms with Gasteiger partial charge in [-0.3, -0.25) is 34.2 Å². The zero-order valence-electron chi connectivity index (χ0n) is 15.9. The Bertz CT molecular complexity index is 1090. The fourth-order valence-electron chi connectivity index (χ4n) is 3.56. The number of nitrogens with one attached hydrogen (secondary N) is 2. The molecular weight excluding hydrogens is 402 g/mol. The Morgan fingerprint density at radius 1 is 1.06 bits per heavy atom. The molecule has 2 heterocycles. The van der Waals surface area contributed by atoms with Gasteiger partial charge in [0.1, 0.15) is 11.8 Å². The van der Waals surface area contributed by atoms with Crippen molar-refractivity contribution in [1.29, 1.82) is 0 Å². The Morgan fingerprint density at radius 3 is 2.42 bits per heavy atom. The maximum Gasteiger partial charge on any atom is 0.264 e. The third kappa shape index (κ3) is 3.77. The van der Waals surface area contributed by atoms with Gasteiger partial charge < -0.3 is 10.1 Å². The highest BCUT2D eigenvalue weighted by molar-refractivity contribution is 6.26. The van der Waals surface area contributed by atoms with Gasteiger partial charge in [0, 0.05) is 12.0 Å². The lowest BCUT2D eigenvalue weighted by Crippen LogP contribution is -2.54. The van der Waals surface area contributed by atoms with Crippen LogP contribution in [-0.4, -0.2) is 47.6 Å². The summed E-state index contributed by atoms with van der Waals surface area (Å²) in [6.45, 7) is 0. The van der Waals surface area contributed by atoms with E-state index in [1.165, 1.54) is 19.2 Å². The second kappa shape index (κ2) is 8.39. The maximum absolute atomic E-state index is 13.0. The van der Waals surface area contributed by atoms with Crippen molar-refractivity contribution >= 4 is 35.2 Å². The van der Waals surface area contributed by atoms with Crippen LogP contribution in [-0.2, 0) is 9.59 Å². The number of piperidine rings is 1. The van der Waals surface area contributed by atoms with Crippen LogP contribution in [0.3, 0.4) is 0 Å². The summed E-state index contributed by atoms with van der Waals surface area (Å²) in [5.41, 5.74) is 0.625. The molecule has 31 heavy (non-hydrogen) atoms. The molecule has 1 unspecified atom stereocenters. The highest BCUT2D eigenvalue weighted by Crippen LogP contribution is 2.32. The first kappa shape index (κ1) is 21.7. The average Bonchev–Trinajstić information content (AvgIpc) is 2.99. The van der Waals surface area contributed by atoms with Crippen LogP contribution in [0.25, 0.3) is 0 Å². The number of benzene rings is 2. The Balaban J connectivity index is 0.00000272. The van der Waals surface area contributed by atoms with E-state index in [1.807, 2.05) is 0 Å². The van der Waals surface area contributed by atoms with E-state index in [-0.39, 0.29) is 37.1 Å². The van der Waals surface area contributed by atoms with Crippen LogP contribution in [0.2, 0.25) is 0 Å². The smallest absolute Gasteiger partial charge is 0.264 e. The lowest BCUT2D eigenvalue weighted by Gasteiger charge is -2.27. The molecule has 1 fully saturated rings. The summed E-state index contributed by atoms with van der Waals surface area (Å²) in [6, 6.07) is 9.85. The molecule has 9 heteroatoms. The van der Waals surface area contributed by atoms with Gasteiger partial charge in [0.25, 0.3) is 17.7 Å². The third-order valence-electron chi connectivity index (χ3n) is 5.07. The van der Waals surface area contributed by atoms with Gasteiger partial charge in [0.2, 0.25) is 11.8 Å². The molecule has 2 aromatic rings. The molecule has 0 aromatic heterocycles. The number of amides is 5. The minimum atomic E-state index is -1.07. The van der Waals surface area contributed by atoms with E-state index in [0.717, 1.165) is 4.90 Å². The first-order chi connectivity index (χ1) is 14.4. The molecule has 0 spiro atoms. The van der Waals surface area contributed by atoms with Gasteiger partial charge in [0.05, 0.1) is 23.9 Å². The van der Waals surface area contributed by atoms with Crippen LogP contribution >= 0.6 is 0 Å². The minimum absolute atomic E-state index is 0. The summed E-state index contributed by atoms with van der Waals surface area (Å²) in [6.07, 6.45) is 0.0918. The van der Waals surface area contributed by atoms with Gasteiger partial charge in [-0.05, 0) is 42.8 Å². The predicted octanol–water partition coefficient (Wildman–Crippen LogP) is 1.98. The summed E-state index contributed by atoms with van der Waals surface area (Å²) in [5.74, 6) is -2.33. The first-order valence-electron chi connectivity index (χ1n) is 9.20. The molecule has 1 saturated heterocycles. The molecule has 0 aliphatic carbocycles. The van der Waals surface area contributed by atoms with Crippen molar-refractivity contribution in [3.63, 3.8) is 0 Å². The van der Waals surface area contributed by atoms with Gasteiger partial charge in [-0.15, -0.1) is 0 Å². The van der Waals surface area contributed by atoms with Crippen LogP contribution in [0.5, 0.6) is 5.75 Å². The van der Waals surface area contributed by atoms with Crippen molar-refractivity contribution in [3.05, 3.63) is 59.2 Å². The standard InChI is InChI=1S/C21H17N3O6.CH4/c1-30-12-7-5-11(6-8-12)18(26)22-14-4-2-3-13-17(14)21(29)24(20(13)28)15-9-10-16(25)23-19(15)27;/h2-8,15H,9-10H2,1H3,(H,22,26)(H,23,25,27);1H4. The Morgan fingerprint density at radius 2 is 1.77 bits per heavy atom. The van der Waals surface area contributed by atoms with Crippen LogP contribution < -0.4 is 15.4 Å². The SMILES string of the molecule is C.COc1ccc(C(=O)Nc2cccc3c2C(=O)N(C2CCC(=O)NC2=O)C3=O)cc1. The fourth-order valence-corrected chi connectivity index (χ4v) is 3.56. The zero-order valence-corrected chi connectivity index (χ0v) is 15.9. The maximum atomic E-state index is 13.0.